The van der Waals surface area contributed by atoms with Gasteiger partial charge in [-0.2, -0.15) is 0 Å². The van der Waals surface area contributed by atoms with Crippen LogP contribution in [0.5, 0.6) is 0 Å². The summed E-state index contributed by atoms with van der Waals surface area (Å²) in [5.41, 5.74) is 0. The van der Waals surface area contributed by atoms with Gasteiger partial charge in [-0.3, -0.25) is 4.79 Å². The molecule has 0 saturated carbocycles. The average Bonchev–Trinajstić information content (AvgIpc) is 1.98. The SMILES string of the molecule is CCC(O)C(CO)NC(C)=O. The first-order chi connectivity index (χ1) is 5.11. The molecule has 0 aliphatic heterocycles. The van der Waals surface area contributed by atoms with Gasteiger partial charge in [0.25, 0.3) is 0 Å². The third-order valence-electron chi connectivity index (χ3n) is 1.47. The first-order valence-corrected chi connectivity index (χ1v) is 3.67. The van der Waals surface area contributed by atoms with Gasteiger partial charge in [-0.15, -0.1) is 0 Å². The Labute approximate surface area is 66.2 Å². The van der Waals surface area contributed by atoms with Crippen molar-refractivity contribution in [1.82, 2.24) is 5.32 Å². The minimum atomic E-state index is -0.663. The van der Waals surface area contributed by atoms with Crippen molar-refractivity contribution in [2.45, 2.75) is 32.4 Å². The Bertz CT molecular complexity index is 127. The fraction of sp³-hybridized carbons (Fsp3) is 0.857. The standard InChI is InChI=1S/C7H15NO3/c1-3-7(11)6(4-9)8-5(2)10/h6-7,9,11H,3-4H2,1-2H3,(H,8,10). The maximum Gasteiger partial charge on any atom is 0.217 e. The fourth-order valence-corrected chi connectivity index (χ4v) is 0.809. The van der Waals surface area contributed by atoms with Crippen molar-refractivity contribution in [3.05, 3.63) is 0 Å². The zero-order chi connectivity index (χ0) is 8.85. The maximum atomic E-state index is 10.5. The number of hydrogen-bond donors (Lipinski definition) is 3. The summed E-state index contributed by atoms with van der Waals surface area (Å²) < 4.78 is 0. The third-order valence-corrected chi connectivity index (χ3v) is 1.47. The van der Waals surface area contributed by atoms with Crippen LogP contribution in [0.15, 0.2) is 0 Å². The van der Waals surface area contributed by atoms with E-state index in [0.29, 0.717) is 6.42 Å². The molecule has 0 aromatic heterocycles. The van der Waals surface area contributed by atoms with Crippen LogP contribution in [0.3, 0.4) is 0 Å². The minimum absolute atomic E-state index is 0.228. The molecule has 0 aliphatic carbocycles. The Morgan fingerprint density at radius 3 is 2.45 bits per heavy atom. The number of carbonyl (C=O) groups excluding carboxylic acids is 1. The Kier molecular flexibility index (Phi) is 4.81. The Hall–Kier alpha value is -0.610. The molecule has 0 aromatic carbocycles. The molecule has 0 spiro atoms. The summed E-state index contributed by atoms with van der Waals surface area (Å²) >= 11 is 0. The first-order valence-electron chi connectivity index (χ1n) is 3.67. The molecule has 0 radical (unpaired) electrons. The van der Waals surface area contributed by atoms with Crippen LogP contribution in [0.2, 0.25) is 0 Å². The van der Waals surface area contributed by atoms with E-state index in [1.54, 1.807) is 6.92 Å². The smallest absolute Gasteiger partial charge is 0.217 e. The van der Waals surface area contributed by atoms with E-state index in [1.807, 2.05) is 0 Å². The van der Waals surface area contributed by atoms with E-state index in [2.05, 4.69) is 5.32 Å². The van der Waals surface area contributed by atoms with Gasteiger partial charge in [-0.25, -0.2) is 0 Å². The van der Waals surface area contributed by atoms with Crippen molar-refractivity contribution in [2.75, 3.05) is 6.61 Å². The molecule has 66 valence electrons. The van der Waals surface area contributed by atoms with Crippen LogP contribution >= 0.6 is 0 Å². The van der Waals surface area contributed by atoms with Crippen LogP contribution in [-0.2, 0) is 4.79 Å². The predicted octanol–water partition coefficient (Wildman–Crippen LogP) is -0.746. The lowest BCUT2D eigenvalue weighted by Crippen LogP contribution is -2.44. The van der Waals surface area contributed by atoms with Gasteiger partial charge in [0.05, 0.1) is 18.8 Å². The highest BCUT2D eigenvalue weighted by Gasteiger charge is 2.16. The average molecular weight is 161 g/mol. The zero-order valence-electron chi connectivity index (χ0n) is 6.87. The summed E-state index contributed by atoms with van der Waals surface area (Å²) in [5, 5.41) is 20.3. The third kappa shape index (κ3) is 3.95. The van der Waals surface area contributed by atoms with Crippen LogP contribution in [0.4, 0.5) is 0 Å². The second-order valence-electron chi connectivity index (χ2n) is 2.47. The molecule has 4 nitrogen and oxygen atoms in total. The van der Waals surface area contributed by atoms with Gasteiger partial charge >= 0.3 is 0 Å². The monoisotopic (exact) mass is 161 g/mol. The number of hydrogen-bond acceptors (Lipinski definition) is 3. The summed E-state index contributed by atoms with van der Waals surface area (Å²) in [6, 6.07) is -0.530. The van der Waals surface area contributed by atoms with E-state index < -0.39 is 12.1 Å². The molecule has 0 bridgehead atoms. The molecule has 0 aromatic rings. The molecule has 2 atom stereocenters. The lowest BCUT2D eigenvalue weighted by Gasteiger charge is -2.19. The van der Waals surface area contributed by atoms with Crippen LogP contribution in [0.25, 0.3) is 0 Å². The molecule has 2 unspecified atom stereocenters. The van der Waals surface area contributed by atoms with Crippen molar-refractivity contribution in [2.24, 2.45) is 0 Å². The van der Waals surface area contributed by atoms with Crippen LogP contribution in [-0.4, -0.2) is 34.9 Å². The van der Waals surface area contributed by atoms with E-state index >= 15 is 0 Å². The number of aliphatic hydroxyl groups is 2. The quantitative estimate of drug-likeness (QED) is 0.508. The van der Waals surface area contributed by atoms with Gasteiger partial charge in [-0.1, -0.05) is 6.92 Å². The predicted molar refractivity (Wildman–Crippen MR) is 41.0 cm³/mol. The van der Waals surface area contributed by atoms with Crippen molar-refractivity contribution < 1.29 is 15.0 Å². The maximum absolute atomic E-state index is 10.5. The first kappa shape index (κ1) is 10.4. The number of nitrogens with one attached hydrogen (secondary N) is 1. The molecule has 0 saturated heterocycles. The number of aliphatic hydroxyl groups excluding tert-OH is 2. The highest BCUT2D eigenvalue weighted by Crippen LogP contribution is 1.96. The fourth-order valence-electron chi connectivity index (χ4n) is 0.809. The number of amides is 1. The summed E-state index contributed by atoms with van der Waals surface area (Å²) in [4.78, 5) is 10.5. The molecule has 0 heterocycles. The van der Waals surface area contributed by atoms with Crippen LogP contribution in [0, 0.1) is 0 Å². The lowest BCUT2D eigenvalue weighted by atomic mass is 10.1. The number of carbonyl (C=O) groups is 1. The van der Waals surface area contributed by atoms with Gasteiger partial charge in [0.15, 0.2) is 0 Å². The van der Waals surface area contributed by atoms with Crippen LogP contribution in [0.1, 0.15) is 20.3 Å². The highest BCUT2D eigenvalue weighted by atomic mass is 16.3. The summed E-state index contributed by atoms with van der Waals surface area (Å²) in [5.74, 6) is -0.239. The molecule has 0 fully saturated rings. The Morgan fingerprint density at radius 1 is 1.64 bits per heavy atom. The van der Waals surface area contributed by atoms with Gasteiger partial charge < -0.3 is 15.5 Å². The van der Waals surface area contributed by atoms with E-state index in [0.717, 1.165) is 0 Å². The van der Waals surface area contributed by atoms with Gasteiger partial charge in [0, 0.05) is 6.92 Å². The Balaban J connectivity index is 3.84. The Morgan fingerprint density at radius 2 is 2.18 bits per heavy atom. The van der Waals surface area contributed by atoms with E-state index in [9.17, 15) is 9.90 Å². The summed E-state index contributed by atoms with van der Waals surface area (Å²) in [6.45, 7) is 2.91. The second-order valence-corrected chi connectivity index (χ2v) is 2.47. The molecule has 3 N–H and O–H groups in total. The molecule has 4 heteroatoms. The largest absolute Gasteiger partial charge is 0.394 e. The summed E-state index contributed by atoms with van der Waals surface area (Å²) in [6.07, 6.45) is -0.144. The normalized spacial score (nSPS) is 15.6. The van der Waals surface area contributed by atoms with E-state index in [1.165, 1.54) is 6.92 Å². The molecular weight excluding hydrogens is 146 g/mol. The molecule has 0 rings (SSSR count). The molecule has 11 heavy (non-hydrogen) atoms. The van der Waals surface area contributed by atoms with Gasteiger partial charge in [0.2, 0.25) is 5.91 Å². The van der Waals surface area contributed by atoms with Gasteiger partial charge in [0.1, 0.15) is 0 Å². The van der Waals surface area contributed by atoms with E-state index in [-0.39, 0.29) is 12.5 Å². The number of rotatable bonds is 4. The molecular formula is C7H15NO3. The van der Waals surface area contributed by atoms with E-state index in [4.69, 9.17) is 5.11 Å². The minimum Gasteiger partial charge on any atom is -0.394 e. The molecule has 0 aliphatic rings. The zero-order valence-corrected chi connectivity index (χ0v) is 6.87. The summed E-state index contributed by atoms with van der Waals surface area (Å²) in [7, 11) is 0. The lowest BCUT2D eigenvalue weighted by molar-refractivity contribution is -0.121. The van der Waals surface area contributed by atoms with Crippen molar-refractivity contribution in [1.29, 1.82) is 0 Å². The van der Waals surface area contributed by atoms with Crippen molar-refractivity contribution in [3.8, 4) is 0 Å². The van der Waals surface area contributed by atoms with Gasteiger partial charge in [-0.05, 0) is 6.42 Å². The van der Waals surface area contributed by atoms with Crippen molar-refractivity contribution in [3.63, 3.8) is 0 Å². The van der Waals surface area contributed by atoms with Crippen LogP contribution < -0.4 is 5.32 Å². The topological polar surface area (TPSA) is 69.6 Å². The highest BCUT2D eigenvalue weighted by molar-refractivity contribution is 5.73. The molecule has 1 amide bonds. The second kappa shape index (κ2) is 5.09. The van der Waals surface area contributed by atoms with Crippen molar-refractivity contribution >= 4 is 5.91 Å².